The Kier molecular flexibility index (Phi) is 5.17. The second kappa shape index (κ2) is 6.69. The van der Waals surface area contributed by atoms with Crippen LogP contribution < -0.4 is 4.72 Å². The summed E-state index contributed by atoms with van der Waals surface area (Å²) in [5, 5.41) is 9.41. The summed E-state index contributed by atoms with van der Waals surface area (Å²) in [5.74, 6) is 0. The highest BCUT2D eigenvalue weighted by atomic mass is 35.5. The molecule has 0 aliphatic heterocycles. The quantitative estimate of drug-likeness (QED) is 0.854. The lowest BCUT2D eigenvalue weighted by atomic mass is 10.2. The first kappa shape index (κ1) is 15.5. The molecular formula is C13H14ClNO3S2. The van der Waals surface area contributed by atoms with Crippen LogP contribution in [0.1, 0.15) is 10.4 Å². The molecule has 0 spiro atoms. The molecule has 20 heavy (non-hydrogen) atoms. The van der Waals surface area contributed by atoms with Gasteiger partial charge >= 0.3 is 0 Å². The molecule has 0 aliphatic carbocycles. The van der Waals surface area contributed by atoms with Gasteiger partial charge in [0.15, 0.2) is 0 Å². The highest BCUT2D eigenvalue weighted by Crippen LogP contribution is 2.22. The molecule has 0 unspecified atom stereocenters. The monoisotopic (exact) mass is 331 g/mol. The summed E-state index contributed by atoms with van der Waals surface area (Å²) in [6, 6.07) is 10.3. The predicted molar refractivity (Wildman–Crippen MR) is 80.6 cm³/mol. The third-order valence-electron chi connectivity index (χ3n) is 2.62. The number of hydrogen-bond acceptors (Lipinski definition) is 4. The second-order valence-corrected chi connectivity index (χ2v) is 7.75. The Morgan fingerprint density at radius 1 is 1.25 bits per heavy atom. The molecule has 2 aromatic rings. The minimum atomic E-state index is -3.53. The standard InChI is InChI=1S/C13H14ClNO3S2/c14-11-3-1-2-10(8-11)9-15-20(17,18)13-5-4-12(19-13)6-7-16/h1-5,8,15-16H,6-7,9H2. The maximum atomic E-state index is 12.1. The molecule has 4 nitrogen and oxygen atoms in total. The number of thiophene rings is 1. The highest BCUT2D eigenvalue weighted by molar-refractivity contribution is 7.91. The van der Waals surface area contributed by atoms with E-state index in [1.807, 2.05) is 0 Å². The van der Waals surface area contributed by atoms with Gasteiger partial charge in [-0.15, -0.1) is 11.3 Å². The maximum Gasteiger partial charge on any atom is 0.250 e. The van der Waals surface area contributed by atoms with E-state index in [1.165, 1.54) is 11.3 Å². The molecule has 0 saturated carbocycles. The number of rotatable bonds is 6. The summed E-state index contributed by atoms with van der Waals surface area (Å²) in [6.07, 6.45) is 0.467. The predicted octanol–water partition coefficient (Wildman–Crippen LogP) is 2.41. The topological polar surface area (TPSA) is 66.4 Å². The van der Waals surface area contributed by atoms with Crippen molar-refractivity contribution in [3.8, 4) is 0 Å². The first-order chi connectivity index (χ1) is 9.51. The van der Waals surface area contributed by atoms with Crippen LogP contribution in [0.15, 0.2) is 40.6 Å². The van der Waals surface area contributed by atoms with Crippen LogP contribution >= 0.6 is 22.9 Å². The number of nitrogens with one attached hydrogen (secondary N) is 1. The van der Waals surface area contributed by atoms with Crippen molar-refractivity contribution in [3.63, 3.8) is 0 Å². The van der Waals surface area contributed by atoms with Gasteiger partial charge in [-0.1, -0.05) is 23.7 Å². The van der Waals surface area contributed by atoms with Gasteiger partial charge in [-0.3, -0.25) is 0 Å². The number of aliphatic hydroxyl groups is 1. The van der Waals surface area contributed by atoms with Gasteiger partial charge in [-0.25, -0.2) is 13.1 Å². The normalized spacial score (nSPS) is 11.7. The van der Waals surface area contributed by atoms with Gasteiger partial charge in [0.25, 0.3) is 0 Å². The summed E-state index contributed by atoms with van der Waals surface area (Å²) >= 11 is 7.02. The molecule has 108 valence electrons. The molecule has 1 aromatic heterocycles. The van der Waals surface area contributed by atoms with Crippen molar-refractivity contribution in [2.75, 3.05) is 6.61 Å². The number of benzene rings is 1. The van der Waals surface area contributed by atoms with Gasteiger partial charge < -0.3 is 5.11 Å². The van der Waals surface area contributed by atoms with Gasteiger partial charge in [0.05, 0.1) is 0 Å². The zero-order valence-electron chi connectivity index (χ0n) is 10.5. The Bertz CT molecular complexity index is 682. The SMILES string of the molecule is O=S(=O)(NCc1cccc(Cl)c1)c1ccc(CCO)s1. The average molecular weight is 332 g/mol. The zero-order valence-corrected chi connectivity index (χ0v) is 12.9. The third-order valence-corrected chi connectivity index (χ3v) is 5.89. The van der Waals surface area contributed by atoms with Crippen LogP contribution in [0.2, 0.25) is 5.02 Å². The summed E-state index contributed by atoms with van der Waals surface area (Å²) in [7, 11) is -3.53. The second-order valence-electron chi connectivity index (χ2n) is 4.15. The summed E-state index contributed by atoms with van der Waals surface area (Å²) in [6.45, 7) is 0.200. The van der Waals surface area contributed by atoms with Crippen molar-refractivity contribution in [1.29, 1.82) is 0 Å². The molecule has 0 saturated heterocycles. The van der Waals surface area contributed by atoms with Crippen LogP contribution in [0.3, 0.4) is 0 Å². The van der Waals surface area contributed by atoms with Crippen LogP contribution in [-0.4, -0.2) is 20.1 Å². The van der Waals surface area contributed by atoms with Gasteiger partial charge in [-0.05, 0) is 29.8 Å². The van der Waals surface area contributed by atoms with Crippen LogP contribution in [0.25, 0.3) is 0 Å². The summed E-state index contributed by atoms with van der Waals surface area (Å²) < 4.78 is 27.0. The molecule has 0 aliphatic rings. The molecule has 0 fully saturated rings. The number of hydrogen-bond donors (Lipinski definition) is 2. The molecule has 0 atom stereocenters. The van der Waals surface area contributed by atoms with Gasteiger partial charge in [-0.2, -0.15) is 0 Å². The molecule has 1 heterocycles. The van der Waals surface area contributed by atoms with E-state index in [9.17, 15) is 8.42 Å². The Morgan fingerprint density at radius 3 is 2.75 bits per heavy atom. The largest absolute Gasteiger partial charge is 0.396 e. The van der Waals surface area contributed by atoms with Crippen molar-refractivity contribution in [2.45, 2.75) is 17.2 Å². The van der Waals surface area contributed by atoms with Crippen molar-refractivity contribution in [2.24, 2.45) is 0 Å². The first-order valence-electron chi connectivity index (χ1n) is 5.95. The molecule has 1 aromatic carbocycles. The summed E-state index contributed by atoms with van der Waals surface area (Å²) in [5.41, 5.74) is 0.799. The Morgan fingerprint density at radius 2 is 2.05 bits per heavy atom. The minimum Gasteiger partial charge on any atom is -0.396 e. The fourth-order valence-electron chi connectivity index (χ4n) is 1.64. The van der Waals surface area contributed by atoms with Gasteiger partial charge in [0.2, 0.25) is 10.0 Å². The zero-order chi connectivity index (χ0) is 14.6. The van der Waals surface area contributed by atoms with E-state index in [1.54, 1.807) is 36.4 Å². The molecule has 0 bridgehead atoms. The molecular weight excluding hydrogens is 318 g/mol. The van der Waals surface area contributed by atoms with E-state index in [-0.39, 0.29) is 17.4 Å². The third kappa shape index (κ3) is 4.04. The van der Waals surface area contributed by atoms with E-state index in [0.717, 1.165) is 10.4 Å². The number of halogens is 1. The Balaban J connectivity index is 2.06. The fraction of sp³-hybridized carbons (Fsp3) is 0.231. The Labute approximate surface area is 127 Å². The van der Waals surface area contributed by atoms with Crippen molar-refractivity contribution < 1.29 is 13.5 Å². The van der Waals surface area contributed by atoms with Crippen molar-refractivity contribution in [1.82, 2.24) is 4.72 Å². The van der Waals surface area contributed by atoms with E-state index < -0.39 is 10.0 Å². The number of aliphatic hydroxyl groups excluding tert-OH is 1. The molecule has 0 amide bonds. The lowest BCUT2D eigenvalue weighted by Crippen LogP contribution is -2.22. The summed E-state index contributed by atoms with van der Waals surface area (Å²) in [4.78, 5) is 0.843. The highest BCUT2D eigenvalue weighted by Gasteiger charge is 2.16. The lowest BCUT2D eigenvalue weighted by molar-refractivity contribution is 0.300. The Hall–Kier alpha value is -0.920. The molecule has 7 heteroatoms. The first-order valence-corrected chi connectivity index (χ1v) is 8.63. The van der Waals surface area contributed by atoms with Crippen LogP contribution in [0, 0.1) is 0 Å². The maximum absolute atomic E-state index is 12.1. The van der Waals surface area contributed by atoms with Gasteiger partial charge in [0.1, 0.15) is 4.21 Å². The van der Waals surface area contributed by atoms with E-state index in [4.69, 9.17) is 16.7 Å². The van der Waals surface area contributed by atoms with E-state index in [2.05, 4.69) is 4.72 Å². The minimum absolute atomic E-state index is 0.00987. The molecule has 2 N–H and O–H groups in total. The number of sulfonamides is 1. The molecule has 0 radical (unpaired) electrons. The van der Waals surface area contributed by atoms with Crippen LogP contribution in [0.4, 0.5) is 0 Å². The van der Waals surface area contributed by atoms with Crippen LogP contribution in [0.5, 0.6) is 0 Å². The van der Waals surface area contributed by atoms with Crippen LogP contribution in [-0.2, 0) is 23.0 Å². The van der Waals surface area contributed by atoms with E-state index in [0.29, 0.717) is 11.4 Å². The smallest absolute Gasteiger partial charge is 0.250 e. The lowest BCUT2D eigenvalue weighted by Gasteiger charge is -2.05. The van der Waals surface area contributed by atoms with Gasteiger partial charge in [0, 0.05) is 29.5 Å². The fourth-order valence-corrected chi connectivity index (χ4v) is 4.26. The van der Waals surface area contributed by atoms with Crippen molar-refractivity contribution >= 4 is 33.0 Å². The molecule has 2 rings (SSSR count). The van der Waals surface area contributed by atoms with E-state index >= 15 is 0 Å². The van der Waals surface area contributed by atoms with Crippen molar-refractivity contribution in [3.05, 3.63) is 51.9 Å². The average Bonchev–Trinajstić information content (AvgIpc) is 2.87.